The third-order valence-corrected chi connectivity index (χ3v) is 3.45. The Morgan fingerprint density at radius 1 is 1.33 bits per heavy atom. The van der Waals surface area contributed by atoms with Crippen molar-refractivity contribution in [3.05, 3.63) is 17.9 Å². The first-order chi connectivity index (χ1) is 9.95. The van der Waals surface area contributed by atoms with Gasteiger partial charge in [0.15, 0.2) is 11.6 Å². The van der Waals surface area contributed by atoms with Crippen molar-refractivity contribution in [3.8, 4) is 5.75 Å². The fourth-order valence-corrected chi connectivity index (χ4v) is 2.54. The molecule has 0 amide bonds. The molecular formula is C14H20F3N3O. The van der Waals surface area contributed by atoms with Crippen LogP contribution >= 0.6 is 0 Å². The summed E-state index contributed by atoms with van der Waals surface area (Å²) in [5.74, 6) is -1.40. The van der Waals surface area contributed by atoms with Crippen LogP contribution in [0, 0.1) is 5.82 Å². The molecule has 1 aliphatic heterocycles. The average molecular weight is 303 g/mol. The number of nitrogen functional groups attached to an aromatic ring is 1. The number of nitrogens with one attached hydrogen (secondary N) is 1. The molecule has 21 heavy (non-hydrogen) atoms. The molecule has 1 fully saturated rings. The standard InChI is InChI=1S/C14H20F3N3O/c1-9(8-20-4-2-3-5-20)19-12-7-13(21-14(16)17)10(15)6-11(12)18/h6-7,9,14,19H,2-5,8,18H2,1H3. The maximum Gasteiger partial charge on any atom is 0.387 e. The summed E-state index contributed by atoms with van der Waals surface area (Å²) in [6.07, 6.45) is 2.38. The topological polar surface area (TPSA) is 50.5 Å². The first-order valence-electron chi connectivity index (χ1n) is 6.98. The van der Waals surface area contributed by atoms with E-state index in [2.05, 4.69) is 15.0 Å². The van der Waals surface area contributed by atoms with Gasteiger partial charge in [0.05, 0.1) is 11.4 Å². The van der Waals surface area contributed by atoms with E-state index in [-0.39, 0.29) is 11.7 Å². The summed E-state index contributed by atoms with van der Waals surface area (Å²) in [7, 11) is 0. The summed E-state index contributed by atoms with van der Waals surface area (Å²) in [6.45, 7) is 1.84. The number of nitrogens with two attached hydrogens (primary N) is 1. The summed E-state index contributed by atoms with van der Waals surface area (Å²) in [6, 6.07) is 2.23. The lowest BCUT2D eigenvalue weighted by Crippen LogP contribution is -2.33. The lowest BCUT2D eigenvalue weighted by Gasteiger charge is -2.23. The molecule has 4 nitrogen and oxygen atoms in total. The second kappa shape index (κ2) is 6.89. The molecule has 3 N–H and O–H groups in total. The third-order valence-electron chi connectivity index (χ3n) is 3.45. The van der Waals surface area contributed by atoms with Crippen LogP contribution in [0.5, 0.6) is 5.75 Å². The van der Waals surface area contributed by atoms with Gasteiger partial charge in [-0.3, -0.25) is 0 Å². The van der Waals surface area contributed by atoms with Crippen molar-refractivity contribution < 1.29 is 17.9 Å². The zero-order valence-electron chi connectivity index (χ0n) is 11.9. The molecule has 1 aromatic carbocycles. The summed E-state index contributed by atoms with van der Waals surface area (Å²) in [5, 5.41) is 3.12. The summed E-state index contributed by atoms with van der Waals surface area (Å²) in [5.41, 5.74) is 6.29. The Hall–Kier alpha value is -1.63. The Morgan fingerprint density at radius 3 is 2.62 bits per heavy atom. The molecule has 1 saturated heterocycles. The van der Waals surface area contributed by atoms with Crippen molar-refractivity contribution in [2.75, 3.05) is 30.7 Å². The van der Waals surface area contributed by atoms with Gasteiger partial charge in [0.1, 0.15) is 0 Å². The van der Waals surface area contributed by atoms with Crippen molar-refractivity contribution in [1.82, 2.24) is 4.90 Å². The van der Waals surface area contributed by atoms with Crippen LogP contribution in [0.2, 0.25) is 0 Å². The largest absolute Gasteiger partial charge is 0.432 e. The number of nitrogens with zero attached hydrogens (tertiary/aromatic N) is 1. The number of likely N-dealkylation sites (tertiary alicyclic amines) is 1. The Bertz CT molecular complexity index is 479. The number of hydrogen-bond donors (Lipinski definition) is 2. The highest BCUT2D eigenvalue weighted by atomic mass is 19.3. The van der Waals surface area contributed by atoms with Crippen LogP contribution in [0.25, 0.3) is 0 Å². The number of anilines is 2. The monoisotopic (exact) mass is 303 g/mol. The Morgan fingerprint density at radius 2 is 2.00 bits per heavy atom. The van der Waals surface area contributed by atoms with Gasteiger partial charge in [0.25, 0.3) is 0 Å². The Labute approximate surface area is 122 Å². The van der Waals surface area contributed by atoms with Crippen LogP contribution in [0.1, 0.15) is 19.8 Å². The van der Waals surface area contributed by atoms with Gasteiger partial charge >= 0.3 is 6.61 Å². The predicted molar refractivity (Wildman–Crippen MR) is 76.2 cm³/mol. The molecule has 0 saturated carbocycles. The Balaban J connectivity index is 2.03. The minimum Gasteiger partial charge on any atom is -0.432 e. The summed E-state index contributed by atoms with van der Waals surface area (Å²) >= 11 is 0. The average Bonchev–Trinajstić information content (AvgIpc) is 2.87. The zero-order valence-corrected chi connectivity index (χ0v) is 11.9. The van der Waals surface area contributed by atoms with Crippen molar-refractivity contribution in [1.29, 1.82) is 0 Å². The van der Waals surface area contributed by atoms with Gasteiger partial charge in [-0.2, -0.15) is 8.78 Å². The van der Waals surface area contributed by atoms with Gasteiger partial charge in [-0.1, -0.05) is 0 Å². The first-order valence-corrected chi connectivity index (χ1v) is 6.98. The van der Waals surface area contributed by atoms with Crippen LogP contribution in [-0.4, -0.2) is 37.2 Å². The van der Waals surface area contributed by atoms with Crippen molar-refractivity contribution >= 4 is 11.4 Å². The summed E-state index contributed by atoms with van der Waals surface area (Å²) < 4.78 is 42.1. The number of halogens is 3. The van der Waals surface area contributed by atoms with E-state index in [1.54, 1.807) is 0 Å². The van der Waals surface area contributed by atoms with Crippen molar-refractivity contribution in [3.63, 3.8) is 0 Å². The number of hydrogen-bond acceptors (Lipinski definition) is 4. The summed E-state index contributed by atoms with van der Waals surface area (Å²) in [4.78, 5) is 2.31. The lowest BCUT2D eigenvalue weighted by molar-refractivity contribution is -0.0521. The molecule has 1 aromatic rings. The highest BCUT2D eigenvalue weighted by Gasteiger charge is 2.17. The molecule has 1 unspecified atom stereocenters. The molecule has 0 radical (unpaired) electrons. The molecule has 118 valence electrons. The molecule has 0 aliphatic carbocycles. The smallest absolute Gasteiger partial charge is 0.387 e. The maximum atomic E-state index is 13.5. The van der Waals surface area contributed by atoms with Crippen LogP contribution in [0.3, 0.4) is 0 Å². The number of ether oxygens (including phenoxy) is 1. The van der Waals surface area contributed by atoms with E-state index in [1.807, 2.05) is 6.92 Å². The lowest BCUT2D eigenvalue weighted by atomic mass is 10.2. The molecule has 0 spiro atoms. The van der Waals surface area contributed by atoms with E-state index in [0.29, 0.717) is 5.69 Å². The van der Waals surface area contributed by atoms with E-state index in [4.69, 9.17) is 5.73 Å². The normalized spacial score (nSPS) is 17.2. The van der Waals surface area contributed by atoms with Crippen LogP contribution < -0.4 is 15.8 Å². The number of benzene rings is 1. The third kappa shape index (κ3) is 4.42. The van der Waals surface area contributed by atoms with E-state index in [1.165, 1.54) is 18.9 Å². The molecule has 0 bridgehead atoms. The van der Waals surface area contributed by atoms with Crippen LogP contribution in [0.15, 0.2) is 12.1 Å². The highest BCUT2D eigenvalue weighted by molar-refractivity contribution is 5.69. The number of rotatable bonds is 6. The fraction of sp³-hybridized carbons (Fsp3) is 0.571. The SMILES string of the molecule is CC(CN1CCCC1)Nc1cc(OC(F)F)c(F)cc1N. The van der Waals surface area contributed by atoms with Gasteiger partial charge in [-0.25, -0.2) is 4.39 Å². The maximum absolute atomic E-state index is 13.5. The molecule has 1 atom stereocenters. The van der Waals surface area contributed by atoms with E-state index >= 15 is 0 Å². The van der Waals surface area contributed by atoms with Gasteiger partial charge < -0.3 is 20.7 Å². The van der Waals surface area contributed by atoms with Crippen LogP contribution in [0.4, 0.5) is 24.5 Å². The molecule has 1 heterocycles. The molecule has 1 aliphatic rings. The fourth-order valence-electron chi connectivity index (χ4n) is 2.54. The Kier molecular flexibility index (Phi) is 5.17. The highest BCUT2D eigenvalue weighted by Crippen LogP contribution is 2.29. The molecule has 7 heteroatoms. The van der Waals surface area contributed by atoms with E-state index < -0.39 is 18.2 Å². The van der Waals surface area contributed by atoms with E-state index in [0.717, 1.165) is 25.7 Å². The van der Waals surface area contributed by atoms with E-state index in [9.17, 15) is 13.2 Å². The second-order valence-electron chi connectivity index (χ2n) is 5.30. The van der Waals surface area contributed by atoms with Gasteiger partial charge in [-0.15, -0.1) is 0 Å². The minimum absolute atomic E-state index is 0.0651. The zero-order chi connectivity index (χ0) is 15.4. The van der Waals surface area contributed by atoms with Crippen molar-refractivity contribution in [2.45, 2.75) is 32.4 Å². The second-order valence-corrected chi connectivity index (χ2v) is 5.30. The quantitative estimate of drug-likeness (QED) is 0.793. The predicted octanol–water partition coefficient (Wildman–Crippen LogP) is 2.91. The molecule has 2 rings (SSSR count). The first kappa shape index (κ1) is 15.8. The van der Waals surface area contributed by atoms with Crippen LogP contribution in [-0.2, 0) is 0 Å². The van der Waals surface area contributed by atoms with Gasteiger partial charge in [-0.05, 0) is 32.9 Å². The number of alkyl halides is 2. The van der Waals surface area contributed by atoms with Crippen molar-refractivity contribution in [2.24, 2.45) is 0 Å². The van der Waals surface area contributed by atoms with Gasteiger partial charge in [0.2, 0.25) is 0 Å². The van der Waals surface area contributed by atoms with Gasteiger partial charge in [0, 0.05) is 24.7 Å². The molecular weight excluding hydrogens is 283 g/mol. The molecule has 0 aromatic heterocycles. The minimum atomic E-state index is -3.07.